The van der Waals surface area contributed by atoms with Crippen molar-refractivity contribution in [3.8, 4) is 11.6 Å². The maximum Gasteiger partial charge on any atom is 0.294 e. The van der Waals surface area contributed by atoms with Crippen molar-refractivity contribution < 1.29 is 17.7 Å². The number of aromatic amines is 1. The van der Waals surface area contributed by atoms with Crippen molar-refractivity contribution in [1.82, 2.24) is 14.7 Å². The van der Waals surface area contributed by atoms with Crippen molar-refractivity contribution >= 4 is 10.1 Å². The van der Waals surface area contributed by atoms with Crippen LogP contribution in [0.5, 0.6) is 5.88 Å². The molecule has 0 aliphatic heterocycles. The summed E-state index contributed by atoms with van der Waals surface area (Å²) in [5.41, 5.74) is 0.103. The summed E-state index contributed by atoms with van der Waals surface area (Å²) in [5, 5.41) is 2.73. The molecule has 1 heterocycles. The third-order valence-corrected chi connectivity index (χ3v) is 4.60. The number of nitrogens with one attached hydrogen (secondary N) is 1. The lowest BCUT2D eigenvalue weighted by Crippen LogP contribution is -2.21. The maximum absolute atomic E-state index is 11.7. The third-order valence-electron chi connectivity index (χ3n) is 3.73. The number of H-pyrrole nitrogens is 1. The summed E-state index contributed by atoms with van der Waals surface area (Å²) in [5.74, 6) is 0.325. The van der Waals surface area contributed by atoms with E-state index in [9.17, 15) is 13.2 Å². The van der Waals surface area contributed by atoms with E-state index in [-0.39, 0.29) is 10.5 Å². The molecular formula is C17H27N3O5S. The van der Waals surface area contributed by atoms with Gasteiger partial charge in [0.2, 0.25) is 5.88 Å². The summed E-state index contributed by atoms with van der Waals surface area (Å²) in [7, 11) is -4.24. The predicted octanol–water partition coefficient (Wildman–Crippen LogP) is 2.16. The van der Waals surface area contributed by atoms with Crippen molar-refractivity contribution in [2.45, 2.75) is 32.6 Å². The fraction of sp³-hybridized carbons (Fsp3) is 0.471. The number of rotatable bonds is 7. The van der Waals surface area contributed by atoms with Crippen molar-refractivity contribution in [2.24, 2.45) is 0 Å². The smallest absolute Gasteiger partial charge is 0.294 e. The first-order valence-electron chi connectivity index (χ1n) is 8.51. The summed E-state index contributed by atoms with van der Waals surface area (Å²) in [4.78, 5) is 13.8. The van der Waals surface area contributed by atoms with Gasteiger partial charge in [0, 0.05) is 0 Å². The molecule has 0 amide bonds. The Labute approximate surface area is 154 Å². The summed E-state index contributed by atoms with van der Waals surface area (Å²) >= 11 is 0. The van der Waals surface area contributed by atoms with Gasteiger partial charge in [-0.05, 0) is 50.8 Å². The molecule has 0 aliphatic carbocycles. The van der Waals surface area contributed by atoms with E-state index in [4.69, 9.17) is 9.29 Å². The predicted molar refractivity (Wildman–Crippen MR) is 101 cm³/mol. The van der Waals surface area contributed by atoms with Crippen LogP contribution in [0.2, 0.25) is 0 Å². The second-order valence-corrected chi connectivity index (χ2v) is 6.74. The monoisotopic (exact) mass is 385 g/mol. The Bertz CT molecular complexity index is 815. The number of hydrogen-bond donors (Lipinski definition) is 2. The number of benzene rings is 1. The molecule has 1 aromatic heterocycles. The van der Waals surface area contributed by atoms with E-state index in [2.05, 4.69) is 30.8 Å². The molecule has 0 bridgehead atoms. The standard InChI is InChI=1S/C11H12N2O5S.C6H15N/c1-2-18-10-7-11(14)13(12-10)8-3-5-9(6-4-8)19(15,16)17;1-4-7(5-2)6-3/h3-7,12H,2H2,1H3,(H,15,16,17);4-6H2,1-3H3. The first-order valence-corrected chi connectivity index (χ1v) is 9.95. The molecule has 146 valence electrons. The van der Waals surface area contributed by atoms with Gasteiger partial charge in [-0.15, -0.1) is 0 Å². The molecule has 2 N–H and O–H groups in total. The molecule has 0 saturated carbocycles. The second-order valence-electron chi connectivity index (χ2n) is 5.32. The van der Waals surface area contributed by atoms with Gasteiger partial charge in [0.1, 0.15) is 0 Å². The largest absolute Gasteiger partial charge is 0.478 e. The van der Waals surface area contributed by atoms with E-state index < -0.39 is 10.1 Å². The molecule has 2 rings (SSSR count). The summed E-state index contributed by atoms with van der Waals surface area (Å²) in [6.45, 7) is 12.3. The molecule has 0 aliphatic rings. The molecule has 2 aromatic rings. The molecule has 0 unspecified atom stereocenters. The minimum Gasteiger partial charge on any atom is -0.478 e. The van der Waals surface area contributed by atoms with Crippen molar-refractivity contribution in [2.75, 3.05) is 26.2 Å². The molecule has 0 saturated heterocycles. The van der Waals surface area contributed by atoms with E-state index in [1.54, 1.807) is 6.92 Å². The van der Waals surface area contributed by atoms with E-state index in [1.165, 1.54) is 54.6 Å². The van der Waals surface area contributed by atoms with Crippen LogP contribution in [-0.4, -0.2) is 53.9 Å². The Hall–Kier alpha value is -2.10. The van der Waals surface area contributed by atoms with Gasteiger partial charge in [0.05, 0.1) is 23.3 Å². The van der Waals surface area contributed by atoms with Crippen LogP contribution in [0.25, 0.3) is 5.69 Å². The molecule has 26 heavy (non-hydrogen) atoms. The minimum atomic E-state index is -4.24. The highest BCUT2D eigenvalue weighted by molar-refractivity contribution is 7.85. The first kappa shape index (κ1) is 21.9. The molecule has 1 aromatic carbocycles. The van der Waals surface area contributed by atoms with Crippen LogP contribution in [0.4, 0.5) is 0 Å². The third kappa shape index (κ3) is 6.32. The molecule has 0 atom stereocenters. The zero-order valence-corrected chi connectivity index (χ0v) is 16.4. The normalized spacial score (nSPS) is 11.2. The Morgan fingerprint density at radius 1 is 1.08 bits per heavy atom. The van der Waals surface area contributed by atoms with Crippen LogP contribution < -0.4 is 10.3 Å². The fourth-order valence-corrected chi connectivity index (χ4v) is 2.71. The van der Waals surface area contributed by atoms with Crippen LogP contribution in [0.1, 0.15) is 27.7 Å². The molecule has 0 fully saturated rings. The van der Waals surface area contributed by atoms with Crippen LogP contribution in [0, 0.1) is 0 Å². The zero-order valence-electron chi connectivity index (χ0n) is 15.6. The van der Waals surface area contributed by atoms with Crippen LogP contribution >= 0.6 is 0 Å². The van der Waals surface area contributed by atoms with Gasteiger partial charge in [-0.2, -0.15) is 8.42 Å². The summed E-state index contributed by atoms with van der Waals surface area (Å²) in [6.07, 6.45) is 0. The number of aromatic nitrogens is 2. The van der Waals surface area contributed by atoms with Crippen molar-refractivity contribution in [1.29, 1.82) is 0 Å². The maximum atomic E-state index is 11.7. The highest BCUT2D eigenvalue weighted by Gasteiger charge is 2.10. The number of ether oxygens (including phenoxy) is 1. The first-order chi connectivity index (χ1) is 12.3. The lowest BCUT2D eigenvalue weighted by Gasteiger charge is -2.13. The zero-order chi connectivity index (χ0) is 19.7. The Morgan fingerprint density at radius 2 is 1.62 bits per heavy atom. The Balaban J connectivity index is 0.000000412. The Morgan fingerprint density at radius 3 is 2.00 bits per heavy atom. The van der Waals surface area contributed by atoms with Gasteiger partial charge < -0.3 is 9.64 Å². The SMILES string of the molecule is CCN(CC)CC.CCOc1cc(=O)n(-c2ccc(S(=O)(=O)O)cc2)[nH]1. The molecule has 0 spiro atoms. The van der Waals surface area contributed by atoms with Gasteiger partial charge >= 0.3 is 0 Å². The van der Waals surface area contributed by atoms with Crippen molar-refractivity contribution in [3.05, 3.63) is 40.7 Å². The van der Waals surface area contributed by atoms with Crippen LogP contribution in [0.3, 0.4) is 0 Å². The van der Waals surface area contributed by atoms with Gasteiger partial charge in [0.25, 0.3) is 15.7 Å². The second kappa shape index (κ2) is 10.1. The topological polar surface area (TPSA) is 105 Å². The molecular weight excluding hydrogens is 358 g/mol. The quantitative estimate of drug-likeness (QED) is 0.708. The lowest BCUT2D eigenvalue weighted by molar-refractivity contribution is 0.321. The lowest BCUT2D eigenvalue weighted by atomic mass is 10.3. The number of hydrogen-bond acceptors (Lipinski definition) is 5. The molecule has 9 heteroatoms. The summed E-state index contributed by atoms with van der Waals surface area (Å²) in [6, 6.07) is 6.50. The minimum absolute atomic E-state index is 0.235. The van der Waals surface area contributed by atoms with Crippen molar-refractivity contribution in [3.63, 3.8) is 0 Å². The Kier molecular flexibility index (Phi) is 8.56. The van der Waals surface area contributed by atoms with Crippen LogP contribution in [0.15, 0.2) is 40.0 Å². The average Bonchev–Trinajstić information content (AvgIpc) is 2.97. The fourth-order valence-electron chi connectivity index (χ4n) is 2.23. The van der Waals surface area contributed by atoms with Gasteiger partial charge in [-0.3, -0.25) is 14.4 Å². The van der Waals surface area contributed by atoms with E-state index in [1.807, 2.05) is 0 Å². The molecule has 0 radical (unpaired) electrons. The van der Waals surface area contributed by atoms with E-state index >= 15 is 0 Å². The average molecular weight is 385 g/mol. The van der Waals surface area contributed by atoms with Crippen LogP contribution in [-0.2, 0) is 10.1 Å². The highest BCUT2D eigenvalue weighted by atomic mass is 32.2. The van der Waals surface area contributed by atoms with E-state index in [0.717, 1.165) is 0 Å². The molecule has 8 nitrogen and oxygen atoms in total. The van der Waals surface area contributed by atoms with Gasteiger partial charge in [-0.25, -0.2) is 4.68 Å². The highest BCUT2D eigenvalue weighted by Crippen LogP contribution is 2.13. The van der Waals surface area contributed by atoms with Gasteiger partial charge in [0.15, 0.2) is 0 Å². The number of nitrogens with zero attached hydrogens (tertiary/aromatic N) is 2. The van der Waals surface area contributed by atoms with Gasteiger partial charge in [-0.1, -0.05) is 20.8 Å². The summed E-state index contributed by atoms with van der Waals surface area (Å²) < 4.78 is 37.0. The van der Waals surface area contributed by atoms with E-state index in [0.29, 0.717) is 18.2 Å².